The Hall–Kier alpha value is -1.82. The third-order valence-corrected chi connectivity index (χ3v) is 4.38. The van der Waals surface area contributed by atoms with Gasteiger partial charge >= 0.3 is 5.97 Å². The van der Waals surface area contributed by atoms with Crippen LogP contribution in [0.4, 0.5) is 0 Å². The number of hydrogen-bond acceptors (Lipinski definition) is 3. The number of para-hydroxylation sites is 1. The van der Waals surface area contributed by atoms with Gasteiger partial charge in [0.2, 0.25) is 0 Å². The molecule has 1 amide bonds. The Kier molecular flexibility index (Phi) is 3.71. The zero-order valence-corrected chi connectivity index (χ0v) is 12.8. The summed E-state index contributed by atoms with van der Waals surface area (Å²) in [7, 11) is 0. The van der Waals surface area contributed by atoms with Gasteiger partial charge in [0.25, 0.3) is 5.91 Å². The molecule has 6 heteroatoms. The molecule has 1 atom stereocenters. The van der Waals surface area contributed by atoms with Crippen LogP contribution < -0.4 is 0 Å². The van der Waals surface area contributed by atoms with Crippen LogP contribution in [0.15, 0.2) is 33.2 Å². The van der Waals surface area contributed by atoms with Crippen molar-refractivity contribution in [3.63, 3.8) is 0 Å². The molecule has 0 bridgehead atoms. The van der Waals surface area contributed by atoms with Crippen molar-refractivity contribution in [2.24, 2.45) is 0 Å². The first kappa shape index (κ1) is 14.1. The number of amides is 1. The van der Waals surface area contributed by atoms with Crippen molar-refractivity contribution in [2.75, 3.05) is 6.54 Å². The lowest BCUT2D eigenvalue weighted by Crippen LogP contribution is -2.36. The number of likely N-dealkylation sites (tertiary alicyclic amines) is 1. The Morgan fingerprint density at radius 2 is 2.24 bits per heavy atom. The molecular formula is C15H14BrNO4. The fourth-order valence-corrected chi connectivity index (χ4v) is 3.25. The highest BCUT2D eigenvalue weighted by Crippen LogP contribution is 2.29. The fraction of sp³-hybridized carbons (Fsp3) is 0.333. The van der Waals surface area contributed by atoms with E-state index in [-0.39, 0.29) is 24.1 Å². The van der Waals surface area contributed by atoms with E-state index in [0.29, 0.717) is 12.1 Å². The Balaban J connectivity index is 1.89. The number of fused-ring (bicyclic) bond motifs is 1. The summed E-state index contributed by atoms with van der Waals surface area (Å²) < 4.78 is 6.43. The van der Waals surface area contributed by atoms with Crippen LogP contribution >= 0.6 is 15.9 Å². The molecule has 0 radical (unpaired) electrons. The molecule has 1 unspecified atom stereocenters. The third kappa shape index (κ3) is 2.68. The van der Waals surface area contributed by atoms with Crippen LogP contribution in [0.5, 0.6) is 0 Å². The van der Waals surface area contributed by atoms with Gasteiger partial charge in [0.15, 0.2) is 5.76 Å². The molecule has 1 aromatic heterocycles. The Bertz CT molecular complexity index is 709. The predicted molar refractivity (Wildman–Crippen MR) is 80.2 cm³/mol. The molecule has 1 aliphatic rings. The maximum atomic E-state index is 12.5. The molecule has 1 N–H and O–H groups in total. The molecule has 1 aliphatic heterocycles. The number of furan rings is 1. The minimum atomic E-state index is -0.882. The number of carboxylic acid groups (broad SMARTS) is 1. The minimum absolute atomic E-state index is 0.0182. The van der Waals surface area contributed by atoms with Gasteiger partial charge in [0.05, 0.1) is 10.9 Å². The predicted octanol–water partition coefficient (Wildman–Crippen LogP) is 3.27. The van der Waals surface area contributed by atoms with Crippen LogP contribution in [0.3, 0.4) is 0 Å². The van der Waals surface area contributed by atoms with Gasteiger partial charge < -0.3 is 14.4 Å². The van der Waals surface area contributed by atoms with Gasteiger partial charge in [-0.05, 0) is 40.9 Å². The maximum Gasteiger partial charge on any atom is 0.305 e. The van der Waals surface area contributed by atoms with Crippen molar-refractivity contribution in [3.8, 4) is 0 Å². The van der Waals surface area contributed by atoms with Crippen LogP contribution in [-0.4, -0.2) is 34.5 Å². The number of rotatable bonds is 3. The minimum Gasteiger partial charge on any atom is -0.481 e. The quantitative estimate of drug-likeness (QED) is 0.920. The molecule has 0 saturated carbocycles. The van der Waals surface area contributed by atoms with E-state index in [9.17, 15) is 9.59 Å². The molecule has 2 aromatic rings. The van der Waals surface area contributed by atoms with E-state index in [1.54, 1.807) is 11.0 Å². The SMILES string of the molecule is O=C(O)CC1CCCN1C(=O)c1cc2cccc(Br)c2o1. The summed E-state index contributed by atoms with van der Waals surface area (Å²) in [4.78, 5) is 25.0. The van der Waals surface area contributed by atoms with Gasteiger partial charge in [-0.1, -0.05) is 12.1 Å². The van der Waals surface area contributed by atoms with E-state index in [0.717, 1.165) is 22.7 Å². The zero-order valence-electron chi connectivity index (χ0n) is 11.2. The molecule has 0 aliphatic carbocycles. The first-order valence-corrected chi connectivity index (χ1v) is 7.56. The molecule has 110 valence electrons. The molecule has 0 spiro atoms. The largest absolute Gasteiger partial charge is 0.481 e. The number of carbonyl (C=O) groups excluding carboxylic acids is 1. The second-order valence-electron chi connectivity index (χ2n) is 5.16. The van der Waals surface area contributed by atoms with Gasteiger partial charge in [-0.3, -0.25) is 9.59 Å². The number of carbonyl (C=O) groups is 2. The molecule has 21 heavy (non-hydrogen) atoms. The van der Waals surface area contributed by atoms with Crippen molar-refractivity contribution in [1.29, 1.82) is 0 Å². The summed E-state index contributed by atoms with van der Waals surface area (Å²) in [5.41, 5.74) is 0.634. The van der Waals surface area contributed by atoms with Crippen molar-refractivity contribution >= 4 is 38.8 Å². The maximum absolute atomic E-state index is 12.5. The van der Waals surface area contributed by atoms with Crippen LogP contribution in [0.1, 0.15) is 29.8 Å². The number of aliphatic carboxylic acids is 1. The molecule has 1 aromatic carbocycles. The van der Waals surface area contributed by atoms with Gasteiger partial charge in [-0.2, -0.15) is 0 Å². The van der Waals surface area contributed by atoms with E-state index >= 15 is 0 Å². The van der Waals surface area contributed by atoms with Crippen molar-refractivity contribution in [2.45, 2.75) is 25.3 Å². The van der Waals surface area contributed by atoms with E-state index in [1.807, 2.05) is 18.2 Å². The second kappa shape index (κ2) is 5.52. The second-order valence-corrected chi connectivity index (χ2v) is 6.02. The Morgan fingerprint density at radius 1 is 1.43 bits per heavy atom. The first-order chi connectivity index (χ1) is 10.1. The standard InChI is InChI=1S/C15H14BrNO4/c16-11-5-1-3-9-7-12(21-14(9)11)15(20)17-6-2-4-10(17)8-13(18)19/h1,3,5,7,10H,2,4,6,8H2,(H,18,19). The lowest BCUT2D eigenvalue weighted by atomic mass is 10.1. The van der Waals surface area contributed by atoms with Crippen LogP contribution in [0.25, 0.3) is 11.0 Å². The summed E-state index contributed by atoms with van der Waals surface area (Å²) in [5, 5.41) is 9.78. The topological polar surface area (TPSA) is 70.8 Å². The third-order valence-electron chi connectivity index (χ3n) is 3.76. The zero-order chi connectivity index (χ0) is 15.0. The van der Waals surface area contributed by atoms with E-state index < -0.39 is 5.97 Å². The lowest BCUT2D eigenvalue weighted by molar-refractivity contribution is -0.137. The van der Waals surface area contributed by atoms with Crippen molar-refractivity contribution < 1.29 is 19.1 Å². The average Bonchev–Trinajstić information content (AvgIpc) is 3.04. The van der Waals surface area contributed by atoms with Gasteiger partial charge in [0, 0.05) is 18.0 Å². The van der Waals surface area contributed by atoms with Crippen molar-refractivity contribution in [3.05, 3.63) is 34.5 Å². The lowest BCUT2D eigenvalue weighted by Gasteiger charge is -2.22. The average molecular weight is 352 g/mol. The normalized spacial score (nSPS) is 18.3. The van der Waals surface area contributed by atoms with E-state index in [2.05, 4.69) is 15.9 Å². The monoisotopic (exact) mass is 351 g/mol. The molecule has 2 heterocycles. The highest BCUT2D eigenvalue weighted by atomic mass is 79.9. The fourth-order valence-electron chi connectivity index (χ4n) is 2.79. The Labute approximate surface area is 129 Å². The van der Waals surface area contributed by atoms with Crippen molar-refractivity contribution in [1.82, 2.24) is 4.90 Å². The summed E-state index contributed by atoms with van der Waals surface area (Å²) in [5.74, 6) is -0.858. The summed E-state index contributed by atoms with van der Waals surface area (Å²) >= 11 is 3.39. The van der Waals surface area contributed by atoms with Crippen LogP contribution in [-0.2, 0) is 4.79 Å². The number of halogens is 1. The summed E-state index contributed by atoms with van der Waals surface area (Å²) in [6.45, 7) is 0.578. The number of hydrogen-bond donors (Lipinski definition) is 1. The summed E-state index contributed by atoms with van der Waals surface area (Å²) in [6.07, 6.45) is 1.53. The van der Waals surface area contributed by atoms with E-state index in [4.69, 9.17) is 9.52 Å². The van der Waals surface area contributed by atoms with Crippen LogP contribution in [0.2, 0.25) is 0 Å². The molecule has 1 fully saturated rings. The van der Waals surface area contributed by atoms with Crippen LogP contribution in [0, 0.1) is 0 Å². The van der Waals surface area contributed by atoms with Gasteiger partial charge in [-0.25, -0.2) is 0 Å². The molecule has 5 nitrogen and oxygen atoms in total. The number of carboxylic acids is 1. The number of benzene rings is 1. The van der Waals surface area contributed by atoms with Gasteiger partial charge in [0.1, 0.15) is 5.58 Å². The van der Waals surface area contributed by atoms with E-state index in [1.165, 1.54) is 0 Å². The first-order valence-electron chi connectivity index (χ1n) is 6.77. The molecule has 1 saturated heterocycles. The Morgan fingerprint density at radius 3 is 2.95 bits per heavy atom. The smallest absolute Gasteiger partial charge is 0.305 e. The molecule has 3 rings (SSSR count). The highest BCUT2D eigenvalue weighted by Gasteiger charge is 2.32. The highest BCUT2D eigenvalue weighted by molar-refractivity contribution is 9.10. The number of nitrogens with zero attached hydrogens (tertiary/aromatic N) is 1. The summed E-state index contributed by atoms with van der Waals surface area (Å²) in [6, 6.07) is 7.06. The van der Waals surface area contributed by atoms with Gasteiger partial charge in [-0.15, -0.1) is 0 Å². The molecular weight excluding hydrogens is 338 g/mol.